The molecular formula is C20H34IN5O. The molecule has 0 radical (unpaired) electrons. The quantitative estimate of drug-likeness (QED) is 0.227. The van der Waals surface area contributed by atoms with E-state index in [-0.39, 0.29) is 35.8 Å². The second-order valence-corrected chi connectivity index (χ2v) is 7.40. The van der Waals surface area contributed by atoms with Gasteiger partial charge in [-0.25, -0.2) is 0 Å². The number of hydrogen-bond acceptors (Lipinski definition) is 3. The number of carbonyl (C=O) groups is 1. The second kappa shape index (κ2) is 12.2. The highest BCUT2D eigenvalue weighted by molar-refractivity contribution is 14.0. The van der Waals surface area contributed by atoms with Gasteiger partial charge in [-0.3, -0.25) is 9.79 Å². The first-order chi connectivity index (χ1) is 12.5. The molecule has 2 rings (SSSR count). The lowest BCUT2D eigenvalue weighted by atomic mass is 9.96. The highest BCUT2D eigenvalue weighted by atomic mass is 127. The molecule has 7 heteroatoms. The molecule has 0 bridgehead atoms. The molecular weight excluding hydrogens is 453 g/mol. The Balaban J connectivity index is 0.00000364. The summed E-state index contributed by atoms with van der Waals surface area (Å²) in [5, 5.41) is 3.17. The monoisotopic (exact) mass is 487 g/mol. The van der Waals surface area contributed by atoms with E-state index in [1.165, 1.54) is 5.56 Å². The second-order valence-electron chi connectivity index (χ2n) is 7.40. The number of hydrogen-bond donors (Lipinski definition) is 3. The highest BCUT2D eigenvalue weighted by Crippen LogP contribution is 2.18. The molecule has 0 aliphatic carbocycles. The van der Waals surface area contributed by atoms with Crippen LogP contribution < -0.4 is 16.8 Å². The molecule has 1 aliphatic rings. The molecule has 0 atom stereocenters. The van der Waals surface area contributed by atoms with E-state index < -0.39 is 0 Å². The van der Waals surface area contributed by atoms with Crippen LogP contribution >= 0.6 is 24.0 Å². The molecule has 0 aromatic heterocycles. The van der Waals surface area contributed by atoms with E-state index in [9.17, 15) is 4.79 Å². The molecule has 0 unspecified atom stereocenters. The maximum absolute atomic E-state index is 11.2. The summed E-state index contributed by atoms with van der Waals surface area (Å²) < 4.78 is 0. The molecule has 1 aliphatic heterocycles. The van der Waals surface area contributed by atoms with Gasteiger partial charge in [0.1, 0.15) is 0 Å². The van der Waals surface area contributed by atoms with E-state index in [2.05, 4.69) is 41.2 Å². The van der Waals surface area contributed by atoms with Crippen molar-refractivity contribution in [2.75, 3.05) is 31.5 Å². The van der Waals surface area contributed by atoms with Gasteiger partial charge in [0, 0.05) is 18.2 Å². The van der Waals surface area contributed by atoms with Gasteiger partial charge in [0.05, 0.1) is 0 Å². The zero-order valence-corrected chi connectivity index (χ0v) is 18.8. The molecule has 0 saturated carbocycles. The van der Waals surface area contributed by atoms with Crippen molar-refractivity contribution in [2.24, 2.45) is 22.4 Å². The molecule has 1 saturated heterocycles. The number of likely N-dealkylation sites (tertiary alicyclic amines) is 1. The Labute approximate surface area is 180 Å². The summed E-state index contributed by atoms with van der Waals surface area (Å²) in [6.45, 7) is 8.05. The Morgan fingerprint density at radius 1 is 1.26 bits per heavy atom. The van der Waals surface area contributed by atoms with Crippen LogP contribution in [-0.2, 0) is 4.79 Å². The first kappa shape index (κ1) is 23.7. The van der Waals surface area contributed by atoms with E-state index in [4.69, 9.17) is 11.5 Å². The van der Waals surface area contributed by atoms with Crippen LogP contribution in [0, 0.1) is 5.92 Å². The Morgan fingerprint density at radius 3 is 2.59 bits per heavy atom. The van der Waals surface area contributed by atoms with Crippen LogP contribution in [0.4, 0.5) is 5.69 Å². The number of aliphatic imine (C=N–C) groups is 1. The lowest BCUT2D eigenvalue weighted by molar-refractivity contribution is -0.123. The Morgan fingerprint density at radius 2 is 1.96 bits per heavy atom. The fraction of sp³-hybridized carbons (Fsp3) is 0.600. The third-order valence-electron chi connectivity index (χ3n) is 4.98. The van der Waals surface area contributed by atoms with Crippen LogP contribution in [0.5, 0.6) is 0 Å². The molecule has 5 N–H and O–H groups in total. The minimum atomic E-state index is -0.152. The number of carbonyl (C=O) groups excluding carboxylic acids is 1. The van der Waals surface area contributed by atoms with Crippen molar-refractivity contribution < 1.29 is 4.79 Å². The van der Waals surface area contributed by atoms with Crippen molar-refractivity contribution in [3.63, 3.8) is 0 Å². The van der Waals surface area contributed by atoms with Crippen LogP contribution in [0.1, 0.15) is 51.0 Å². The summed E-state index contributed by atoms with van der Waals surface area (Å²) in [7, 11) is 0. The summed E-state index contributed by atoms with van der Waals surface area (Å²) >= 11 is 0. The minimum Gasteiger partial charge on any atom is -0.370 e. The fourth-order valence-corrected chi connectivity index (χ4v) is 3.25. The Kier molecular flexibility index (Phi) is 10.7. The van der Waals surface area contributed by atoms with Crippen LogP contribution in [0.15, 0.2) is 29.3 Å². The maximum Gasteiger partial charge on any atom is 0.220 e. The third kappa shape index (κ3) is 8.47. The van der Waals surface area contributed by atoms with Crippen LogP contribution in [0.25, 0.3) is 0 Å². The van der Waals surface area contributed by atoms with Crippen molar-refractivity contribution >= 4 is 41.5 Å². The number of piperidine rings is 1. The molecule has 1 aromatic rings. The zero-order chi connectivity index (χ0) is 18.9. The normalized spacial score (nSPS) is 16.2. The number of anilines is 1. The number of primary amides is 1. The average Bonchev–Trinajstić information content (AvgIpc) is 2.62. The number of nitrogens with two attached hydrogens (primary N) is 2. The van der Waals surface area contributed by atoms with Gasteiger partial charge in [-0.1, -0.05) is 26.0 Å². The smallest absolute Gasteiger partial charge is 0.220 e. The molecule has 6 nitrogen and oxygen atoms in total. The fourth-order valence-electron chi connectivity index (χ4n) is 3.25. The van der Waals surface area contributed by atoms with Crippen LogP contribution in [0.3, 0.4) is 0 Å². The first-order valence-electron chi connectivity index (χ1n) is 9.64. The van der Waals surface area contributed by atoms with Gasteiger partial charge in [-0.15, -0.1) is 24.0 Å². The van der Waals surface area contributed by atoms with E-state index in [1.807, 2.05) is 12.1 Å². The van der Waals surface area contributed by atoms with Gasteiger partial charge in [0.2, 0.25) is 5.91 Å². The summed E-state index contributed by atoms with van der Waals surface area (Å²) in [5.74, 6) is 0.868. The third-order valence-corrected chi connectivity index (χ3v) is 4.98. The molecule has 1 amide bonds. The van der Waals surface area contributed by atoms with Gasteiger partial charge in [0.25, 0.3) is 0 Å². The largest absolute Gasteiger partial charge is 0.370 e. The van der Waals surface area contributed by atoms with Gasteiger partial charge >= 0.3 is 0 Å². The van der Waals surface area contributed by atoms with Crippen molar-refractivity contribution in [1.82, 2.24) is 4.90 Å². The summed E-state index contributed by atoms with van der Waals surface area (Å²) in [5.41, 5.74) is 13.6. The molecule has 1 heterocycles. The SMILES string of the molecule is CC(C)c1cccc(NC(N)=NCCCCN2CCC(C(N)=O)CC2)c1.I. The lowest BCUT2D eigenvalue weighted by Gasteiger charge is -2.30. The average molecular weight is 487 g/mol. The van der Waals surface area contributed by atoms with E-state index in [0.29, 0.717) is 11.9 Å². The zero-order valence-electron chi connectivity index (χ0n) is 16.5. The summed E-state index contributed by atoms with van der Waals surface area (Å²) in [6, 6.07) is 8.27. The number of halogens is 1. The Bertz CT molecular complexity index is 612. The summed E-state index contributed by atoms with van der Waals surface area (Å²) in [6.07, 6.45) is 3.87. The van der Waals surface area contributed by atoms with Gasteiger partial charge in [0.15, 0.2) is 5.96 Å². The van der Waals surface area contributed by atoms with E-state index in [1.54, 1.807) is 0 Å². The number of benzene rings is 1. The lowest BCUT2D eigenvalue weighted by Crippen LogP contribution is -2.38. The standard InChI is InChI=1S/C20H33N5O.HI/c1-15(2)17-6-5-7-18(14-17)24-20(22)23-10-3-4-11-25-12-8-16(9-13-25)19(21)26;/h5-7,14-16H,3-4,8-13H2,1-2H3,(H2,21,26)(H3,22,23,24);1H. The van der Waals surface area contributed by atoms with Gasteiger partial charge in [-0.2, -0.15) is 0 Å². The number of rotatable bonds is 8. The minimum absolute atomic E-state index is 0. The highest BCUT2D eigenvalue weighted by Gasteiger charge is 2.22. The van der Waals surface area contributed by atoms with E-state index in [0.717, 1.165) is 57.5 Å². The molecule has 0 spiro atoms. The Hall–Kier alpha value is -1.35. The molecule has 1 fully saturated rings. The van der Waals surface area contributed by atoms with Crippen molar-refractivity contribution in [3.05, 3.63) is 29.8 Å². The predicted molar refractivity (Wildman–Crippen MR) is 124 cm³/mol. The van der Waals surface area contributed by atoms with Crippen LogP contribution in [-0.4, -0.2) is 42.9 Å². The van der Waals surface area contributed by atoms with E-state index >= 15 is 0 Å². The van der Waals surface area contributed by atoms with Crippen molar-refractivity contribution in [2.45, 2.75) is 45.4 Å². The topological polar surface area (TPSA) is 96.7 Å². The number of guanidine groups is 1. The van der Waals surface area contributed by atoms with Gasteiger partial charge in [-0.05, 0) is 68.9 Å². The van der Waals surface area contributed by atoms with Crippen molar-refractivity contribution in [1.29, 1.82) is 0 Å². The molecule has 1 aromatic carbocycles. The summed E-state index contributed by atoms with van der Waals surface area (Å²) in [4.78, 5) is 18.0. The maximum atomic E-state index is 11.2. The number of unbranched alkanes of at least 4 members (excludes halogenated alkanes) is 1. The molecule has 152 valence electrons. The first-order valence-corrected chi connectivity index (χ1v) is 9.64. The van der Waals surface area contributed by atoms with Crippen molar-refractivity contribution in [3.8, 4) is 0 Å². The number of nitrogens with one attached hydrogen (secondary N) is 1. The predicted octanol–water partition coefficient (Wildman–Crippen LogP) is 3.13. The number of nitrogens with zero attached hydrogens (tertiary/aromatic N) is 2. The van der Waals surface area contributed by atoms with Crippen LogP contribution in [0.2, 0.25) is 0 Å². The number of amides is 1. The molecule has 27 heavy (non-hydrogen) atoms. The van der Waals surface area contributed by atoms with Gasteiger partial charge < -0.3 is 21.7 Å².